The van der Waals surface area contributed by atoms with Crippen LogP contribution in [0.15, 0.2) is 97.5 Å². The van der Waals surface area contributed by atoms with Crippen LogP contribution in [0.2, 0.25) is 0 Å². The molecule has 0 amide bonds. The molecule has 0 bridgehead atoms. The molecule has 3 aromatic heterocycles. The lowest BCUT2D eigenvalue weighted by Gasteiger charge is -2.28. The molecule has 6 heteroatoms. The van der Waals surface area contributed by atoms with Crippen LogP contribution in [0, 0.1) is 0 Å². The van der Waals surface area contributed by atoms with Crippen molar-refractivity contribution in [1.82, 2.24) is 24.8 Å². The molecule has 0 radical (unpaired) electrons. The Balaban J connectivity index is 1.60. The van der Waals surface area contributed by atoms with Gasteiger partial charge in [0.1, 0.15) is 5.82 Å². The van der Waals surface area contributed by atoms with Crippen LogP contribution in [0.3, 0.4) is 0 Å². The lowest BCUT2D eigenvalue weighted by atomic mass is 10.0. The second-order valence-electron chi connectivity index (χ2n) is 7.23. The van der Waals surface area contributed by atoms with Gasteiger partial charge in [-0.1, -0.05) is 42.5 Å². The van der Waals surface area contributed by atoms with Gasteiger partial charge in [-0.25, -0.2) is 4.98 Å². The van der Waals surface area contributed by atoms with Gasteiger partial charge in [0.15, 0.2) is 5.11 Å². The average Bonchev–Trinajstić information content (AvgIpc) is 3.40. The molecule has 0 aliphatic carbocycles. The Morgan fingerprint density at radius 3 is 2.33 bits per heavy atom. The summed E-state index contributed by atoms with van der Waals surface area (Å²) in [5.41, 5.74) is 3.30. The third kappa shape index (κ3) is 3.46. The molecule has 5 rings (SSSR count). The van der Waals surface area contributed by atoms with Crippen molar-refractivity contribution in [3.05, 3.63) is 114 Å². The SMILES string of the molecule is S=C1N[C@H](c2ccccn2)[C@H](c2cccn2-c2ccccn2)N1Cc1ccccc1. The summed E-state index contributed by atoms with van der Waals surface area (Å²) in [5.74, 6) is 0.884. The van der Waals surface area contributed by atoms with Gasteiger partial charge in [0.25, 0.3) is 0 Å². The van der Waals surface area contributed by atoms with E-state index < -0.39 is 0 Å². The Morgan fingerprint density at radius 1 is 0.833 bits per heavy atom. The number of pyridine rings is 2. The van der Waals surface area contributed by atoms with E-state index in [-0.39, 0.29) is 12.1 Å². The highest BCUT2D eigenvalue weighted by molar-refractivity contribution is 7.80. The van der Waals surface area contributed by atoms with Crippen LogP contribution in [0.5, 0.6) is 0 Å². The molecule has 148 valence electrons. The molecule has 4 aromatic rings. The van der Waals surface area contributed by atoms with Crippen LogP contribution in [0.25, 0.3) is 5.82 Å². The summed E-state index contributed by atoms with van der Waals surface area (Å²) in [4.78, 5) is 11.4. The second-order valence-corrected chi connectivity index (χ2v) is 7.62. The van der Waals surface area contributed by atoms with E-state index in [0.717, 1.165) is 22.3 Å². The molecule has 4 heterocycles. The van der Waals surface area contributed by atoms with Crippen molar-refractivity contribution in [3.8, 4) is 5.82 Å². The Morgan fingerprint density at radius 2 is 1.60 bits per heavy atom. The summed E-state index contributed by atoms with van der Waals surface area (Å²) in [5, 5.41) is 4.25. The molecule has 1 aromatic carbocycles. The highest BCUT2D eigenvalue weighted by atomic mass is 32.1. The standard InChI is InChI=1S/C24H21N5S/c30-24-27-22(19-11-4-6-14-25-19)23(29(24)17-18-9-2-1-3-10-18)20-12-8-16-28(20)21-13-5-7-15-26-21/h1-16,22-23H,17H2,(H,27,30)/t22-,23+/m1/s1. The van der Waals surface area contributed by atoms with E-state index in [4.69, 9.17) is 12.2 Å². The molecule has 2 atom stereocenters. The zero-order chi connectivity index (χ0) is 20.3. The van der Waals surface area contributed by atoms with Crippen LogP contribution in [0.1, 0.15) is 29.0 Å². The van der Waals surface area contributed by atoms with Crippen LogP contribution in [-0.2, 0) is 6.54 Å². The minimum absolute atomic E-state index is 0.0235. The van der Waals surface area contributed by atoms with Gasteiger partial charge in [-0.05, 0) is 54.2 Å². The van der Waals surface area contributed by atoms with Crippen LogP contribution in [-0.4, -0.2) is 24.5 Å². The number of hydrogen-bond acceptors (Lipinski definition) is 3. The van der Waals surface area contributed by atoms with E-state index >= 15 is 0 Å². The number of aromatic nitrogens is 3. The molecule has 1 N–H and O–H groups in total. The molecule has 1 aliphatic rings. The summed E-state index contributed by atoms with van der Waals surface area (Å²) in [6, 6.07) is 26.5. The summed E-state index contributed by atoms with van der Waals surface area (Å²) in [6.07, 6.45) is 5.69. The van der Waals surface area contributed by atoms with E-state index in [1.54, 1.807) is 0 Å². The summed E-state index contributed by atoms with van der Waals surface area (Å²) < 4.78 is 2.13. The van der Waals surface area contributed by atoms with E-state index in [2.05, 4.69) is 67.3 Å². The van der Waals surface area contributed by atoms with E-state index in [1.165, 1.54) is 5.56 Å². The quantitative estimate of drug-likeness (QED) is 0.492. The van der Waals surface area contributed by atoms with Crippen molar-refractivity contribution < 1.29 is 0 Å². The molecule has 0 spiro atoms. The fourth-order valence-electron chi connectivity index (χ4n) is 4.02. The maximum absolute atomic E-state index is 5.79. The van der Waals surface area contributed by atoms with Gasteiger partial charge in [0.05, 0.1) is 17.8 Å². The number of hydrogen-bond donors (Lipinski definition) is 1. The molecule has 5 nitrogen and oxygen atoms in total. The van der Waals surface area contributed by atoms with Crippen molar-refractivity contribution in [1.29, 1.82) is 0 Å². The predicted molar refractivity (Wildman–Crippen MR) is 121 cm³/mol. The maximum Gasteiger partial charge on any atom is 0.170 e. The van der Waals surface area contributed by atoms with E-state index in [1.807, 2.05) is 54.9 Å². The maximum atomic E-state index is 5.79. The number of benzene rings is 1. The van der Waals surface area contributed by atoms with Gasteiger partial charge in [-0.2, -0.15) is 0 Å². The minimum atomic E-state index is -0.0558. The first-order valence-electron chi connectivity index (χ1n) is 9.92. The predicted octanol–water partition coefficient (Wildman–Crippen LogP) is 4.44. The molecular weight excluding hydrogens is 390 g/mol. The summed E-state index contributed by atoms with van der Waals surface area (Å²) in [6.45, 7) is 0.716. The van der Waals surface area contributed by atoms with Crippen molar-refractivity contribution >= 4 is 17.3 Å². The minimum Gasteiger partial charge on any atom is -0.352 e. The summed E-state index contributed by atoms with van der Waals surface area (Å²) in [7, 11) is 0. The van der Waals surface area contributed by atoms with Crippen LogP contribution >= 0.6 is 12.2 Å². The first-order valence-corrected chi connectivity index (χ1v) is 10.3. The Kier molecular flexibility index (Phi) is 4.99. The average molecular weight is 412 g/mol. The normalized spacial score (nSPS) is 18.4. The fraction of sp³-hybridized carbons (Fsp3) is 0.125. The third-order valence-electron chi connectivity index (χ3n) is 5.37. The topological polar surface area (TPSA) is 46.0 Å². The van der Waals surface area contributed by atoms with Gasteiger partial charge >= 0.3 is 0 Å². The lowest BCUT2D eigenvalue weighted by molar-refractivity contribution is 0.302. The van der Waals surface area contributed by atoms with Crippen molar-refractivity contribution in [2.45, 2.75) is 18.6 Å². The highest BCUT2D eigenvalue weighted by Gasteiger charge is 2.41. The molecule has 1 fully saturated rings. The molecular formula is C24H21N5S. The third-order valence-corrected chi connectivity index (χ3v) is 5.73. The molecule has 1 saturated heterocycles. The number of rotatable bonds is 5. The number of thiocarbonyl (C=S) groups is 1. The van der Waals surface area contributed by atoms with Gasteiger partial charge in [-0.15, -0.1) is 0 Å². The Labute approximate surface area is 181 Å². The molecule has 30 heavy (non-hydrogen) atoms. The lowest BCUT2D eigenvalue weighted by Crippen LogP contribution is -2.30. The van der Waals surface area contributed by atoms with E-state index in [0.29, 0.717) is 6.54 Å². The molecule has 1 aliphatic heterocycles. The van der Waals surface area contributed by atoms with Crippen molar-refractivity contribution in [2.24, 2.45) is 0 Å². The monoisotopic (exact) mass is 411 g/mol. The fourth-order valence-corrected chi connectivity index (χ4v) is 4.32. The van der Waals surface area contributed by atoms with Crippen LogP contribution in [0.4, 0.5) is 0 Å². The number of nitrogens with zero attached hydrogens (tertiary/aromatic N) is 4. The summed E-state index contributed by atoms with van der Waals surface area (Å²) >= 11 is 5.79. The Bertz CT molecular complexity index is 1130. The van der Waals surface area contributed by atoms with Crippen LogP contribution < -0.4 is 5.32 Å². The largest absolute Gasteiger partial charge is 0.352 e. The highest BCUT2D eigenvalue weighted by Crippen LogP contribution is 2.40. The first kappa shape index (κ1) is 18.5. The van der Waals surface area contributed by atoms with Gasteiger partial charge in [-0.3, -0.25) is 4.98 Å². The Hall–Kier alpha value is -3.51. The van der Waals surface area contributed by atoms with Gasteiger partial charge in [0, 0.05) is 30.8 Å². The van der Waals surface area contributed by atoms with Gasteiger partial charge in [0.2, 0.25) is 0 Å². The molecule has 0 unspecified atom stereocenters. The smallest absolute Gasteiger partial charge is 0.170 e. The van der Waals surface area contributed by atoms with Crippen molar-refractivity contribution in [2.75, 3.05) is 0 Å². The number of nitrogens with one attached hydrogen (secondary N) is 1. The van der Waals surface area contributed by atoms with E-state index in [9.17, 15) is 0 Å². The van der Waals surface area contributed by atoms with Gasteiger partial charge < -0.3 is 14.8 Å². The zero-order valence-corrected chi connectivity index (χ0v) is 17.1. The van der Waals surface area contributed by atoms with Crippen molar-refractivity contribution in [3.63, 3.8) is 0 Å². The molecule has 0 saturated carbocycles. The second kappa shape index (κ2) is 8.08. The zero-order valence-electron chi connectivity index (χ0n) is 16.3. The first-order chi connectivity index (χ1) is 14.8.